The maximum absolute atomic E-state index is 14.0. The highest BCUT2D eigenvalue weighted by Crippen LogP contribution is 2.26. The Kier molecular flexibility index (Phi) is 3.43. The van der Waals surface area contributed by atoms with Crippen molar-refractivity contribution in [2.75, 3.05) is 0 Å². The van der Waals surface area contributed by atoms with Gasteiger partial charge in [-0.15, -0.1) is 0 Å². The first-order chi connectivity index (χ1) is 8.49. The molecule has 2 nitrogen and oxygen atoms in total. The van der Waals surface area contributed by atoms with E-state index in [1.807, 2.05) is 39.0 Å². The summed E-state index contributed by atoms with van der Waals surface area (Å²) in [6.45, 7) is 5.67. The molecule has 0 aliphatic carbocycles. The average molecular weight is 244 g/mol. The lowest BCUT2D eigenvalue weighted by Crippen LogP contribution is -2.15. The first-order valence-electron chi connectivity index (χ1n) is 5.94. The van der Waals surface area contributed by atoms with Gasteiger partial charge in [0.2, 0.25) is 0 Å². The summed E-state index contributed by atoms with van der Waals surface area (Å²) in [5, 5.41) is 0. The van der Waals surface area contributed by atoms with Crippen molar-refractivity contribution in [3.05, 3.63) is 64.2 Å². The van der Waals surface area contributed by atoms with Crippen LogP contribution in [-0.2, 0) is 0 Å². The Labute approximate surface area is 107 Å². The third-order valence-electron chi connectivity index (χ3n) is 3.09. The molecular formula is C15H17FN2. The molecule has 2 rings (SSSR count). The first kappa shape index (κ1) is 12.7. The van der Waals surface area contributed by atoms with E-state index in [4.69, 9.17) is 5.73 Å². The molecule has 2 N–H and O–H groups in total. The van der Waals surface area contributed by atoms with Crippen molar-refractivity contribution in [3.8, 4) is 0 Å². The molecule has 0 spiro atoms. The van der Waals surface area contributed by atoms with Crippen LogP contribution >= 0.6 is 0 Å². The number of nitrogens with zero attached hydrogens (tertiary/aromatic N) is 1. The van der Waals surface area contributed by atoms with Gasteiger partial charge in [0.05, 0.1) is 6.04 Å². The van der Waals surface area contributed by atoms with E-state index in [1.54, 1.807) is 6.20 Å². The number of hydrogen-bond donors (Lipinski definition) is 1. The smallest absolute Gasteiger partial charge is 0.128 e. The summed E-state index contributed by atoms with van der Waals surface area (Å²) < 4.78 is 14.0. The minimum absolute atomic E-state index is 0.249. The summed E-state index contributed by atoms with van der Waals surface area (Å²) in [6, 6.07) is 6.77. The van der Waals surface area contributed by atoms with Crippen LogP contribution in [-0.4, -0.2) is 4.98 Å². The van der Waals surface area contributed by atoms with Crippen LogP contribution in [0.5, 0.6) is 0 Å². The highest BCUT2D eigenvalue weighted by Gasteiger charge is 2.16. The van der Waals surface area contributed by atoms with Gasteiger partial charge in [0.1, 0.15) is 5.82 Å². The zero-order valence-corrected chi connectivity index (χ0v) is 10.9. The molecule has 1 heterocycles. The Balaban J connectivity index is 2.46. The number of aryl methyl sites for hydroxylation is 3. The third-order valence-corrected chi connectivity index (χ3v) is 3.09. The van der Waals surface area contributed by atoms with Crippen LogP contribution in [0.15, 0.2) is 30.5 Å². The fourth-order valence-corrected chi connectivity index (χ4v) is 2.15. The van der Waals surface area contributed by atoms with Gasteiger partial charge in [-0.2, -0.15) is 0 Å². The summed E-state index contributed by atoms with van der Waals surface area (Å²) in [4.78, 5) is 4.20. The molecule has 94 valence electrons. The largest absolute Gasteiger partial charge is 0.320 e. The Morgan fingerprint density at radius 3 is 2.44 bits per heavy atom. The van der Waals surface area contributed by atoms with Gasteiger partial charge in [-0.05, 0) is 49.6 Å². The van der Waals surface area contributed by atoms with Gasteiger partial charge in [-0.25, -0.2) is 4.39 Å². The SMILES string of the molecule is Cc1cc(C)c(C(N)c2ccc(C)nc2)c(F)c1. The summed E-state index contributed by atoms with van der Waals surface area (Å²) in [6.07, 6.45) is 1.71. The molecule has 18 heavy (non-hydrogen) atoms. The second-order valence-electron chi connectivity index (χ2n) is 4.69. The molecule has 3 heteroatoms. The van der Waals surface area contributed by atoms with Crippen molar-refractivity contribution >= 4 is 0 Å². The molecule has 1 unspecified atom stereocenters. The molecule has 0 aliphatic heterocycles. The molecule has 1 atom stereocenters. The van der Waals surface area contributed by atoms with Gasteiger partial charge in [-0.3, -0.25) is 4.98 Å². The van der Waals surface area contributed by atoms with Gasteiger partial charge in [0.15, 0.2) is 0 Å². The van der Waals surface area contributed by atoms with Crippen LogP contribution in [0.3, 0.4) is 0 Å². The van der Waals surface area contributed by atoms with E-state index in [1.165, 1.54) is 6.07 Å². The molecule has 0 saturated carbocycles. The lowest BCUT2D eigenvalue weighted by molar-refractivity contribution is 0.595. The van der Waals surface area contributed by atoms with Crippen molar-refractivity contribution in [1.29, 1.82) is 0 Å². The van der Waals surface area contributed by atoms with Gasteiger partial charge in [0, 0.05) is 17.5 Å². The zero-order valence-electron chi connectivity index (χ0n) is 10.9. The van der Waals surface area contributed by atoms with Crippen LogP contribution < -0.4 is 5.73 Å². The minimum Gasteiger partial charge on any atom is -0.320 e. The molecule has 1 aromatic heterocycles. The monoisotopic (exact) mass is 244 g/mol. The van der Waals surface area contributed by atoms with E-state index in [0.29, 0.717) is 5.56 Å². The molecule has 0 aliphatic rings. The summed E-state index contributed by atoms with van der Waals surface area (Å²) >= 11 is 0. The molecule has 0 fully saturated rings. The Bertz CT molecular complexity index is 538. The molecule has 1 aromatic carbocycles. The van der Waals surface area contributed by atoms with E-state index < -0.39 is 6.04 Å². The number of hydrogen-bond acceptors (Lipinski definition) is 2. The molecule has 0 radical (unpaired) electrons. The Hall–Kier alpha value is -1.74. The summed E-state index contributed by atoms with van der Waals surface area (Å²) in [7, 11) is 0. The van der Waals surface area contributed by atoms with Crippen LogP contribution in [0.4, 0.5) is 4.39 Å². The molecule has 0 amide bonds. The normalized spacial score (nSPS) is 12.5. The van der Waals surface area contributed by atoms with Crippen molar-refractivity contribution in [2.24, 2.45) is 5.73 Å². The van der Waals surface area contributed by atoms with E-state index in [2.05, 4.69) is 4.98 Å². The standard InChI is InChI=1S/C15H17FN2/c1-9-6-10(2)14(13(16)7-9)15(17)12-5-4-11(3)18-8-12/h4-8,15H,17H2,1-3H3. The third kappa shape index (κ3) is 2.41. The number of aromatic nitrogens is 1. The Morgan fingerprint density at radius 1 is 1.17 bits per heavy atom. The number of benzene rings is 1. The van der Waals surface area contributed by atoms with Gasteiger partial charge < -0.3 is 5.73 Å². The van der Waals surface area contributed by atoms with E-state index in [-0.39, 0.29) is 5.82 Å². The second-order valence-corrected chi connectivity index (χ2v) is 4.69. The number of pyridine rings is 1. The van der Waals surface area contributed by atoms with E-state index >= 15 is 0 Å². The minimum atomic E-state index is -0.473. The first-order valence-corrected chi connectivity index (χ1v) is 5.94. The predicted octanol–water partition coefficient (Wildman–Crippen LogP) is 3.19. The maximum atomic E-state index is 14.0. The molecule has 0 saturated heterocycles. The molecular weight excluding hydrogens is 227 g/mol. The number of halogens is 1. The van der Waals surface area contributed by atoms with Crippen molar-refractivity contribution in [1.82, 2.24) is 4.98 Å². The fraction of sp³-hybridized carbons (Fsp3) is 0.267. The summed E-state index contributed by atoms with van der Waals surface area (Å²) in [5.41, 5.74) is 10.2. The van der Waals surface area contributed by atoms with Crippen LogP contribution in [0.25, 0.3) is 0 Å². The number of rotatable bonds is 2. The lowest BCUT2D eigenvalue weighted by Gasteiger charge is -2.16. The van der Waals surface area contributed by atoms with Crippen molar-refractivity contribution in [3.63, 3.8) is 0 Å². The van der Waals surface area contributed by atoms with Gasteiger partial charge in [-0.1, -0.05) is 12.1 Å². The van der Waals surface area contributed by atoms with Crippen molar-refractivity contribution < 1.29 is 4.39 Å². The fourth-order valence-electron chi connectivity index (χ4n) is 2.15. The topological polar surface area (TPSA) is 38.9 Å². The quantitative estimate of drug-likeness (QED) is 0.881. The van der Waals surface area contributed by atoms with Crippen LogP contribution in [0.1, 0.15) is 34.0 Å². The highest BCUT2D eigenvalue weighted by atomic mass is 19.1. The average Bonchev–Trinajstić information content (AvgIpc) is 2.28. The summed E-state index contributed by atoms with van der Waals surface area (Å²) in [5.74, 6) is -0.249. The molecule has 0 bridgehead atoms. The second kappa shape index (κ2) is 4.86. The molecule has 2 aromatic rings. The van der Waals surface area contributed by atoms with Crippen LogP contribution in [0.2, 0.25) is 0 Å². The highest BCUT2D eigenvalue weighted by molar-refractivity contribution is 5.39. The van der Waals surface area contributed by atoms with Crippen LogP contribution in [0, 0.1) is 26.6 Å². The Morgan fingerprint density at radius 2 is 1.89 bits per heavy atom. The lowest BCUT2D eigenvalue weighted by atomic mass is 9.95. The van der Waals surface area contributed by atoms with Gasteiger partial charge in [0.25, 0.3) is 0 Å². The maximum Gasteiger partial charge on any atom is 0.128 e. The van der Waals surface area contributed by atoms with E-state index in [9.17, 15) is 4.39 Å². The van der Waals surface area contributed by atoms with Gasteiger partial charge >= 0.3 is 0 Å². The predicted molar refractivity (Wildman–Crippen MR) is 70.9 cm³/mol. The number of nitrogens with two attached hydrogens (primary N) is 1. The zero-order chi connectivity index (χ0) is 13.3. The van der Waals surface area contributed by atoms with Crippen molar-refractivity contribution in [2.45, 2.75) is 26.8 Å². The van der Waals surface area contributed by atoms with E-state index in [0.717, 1.165) is 22.4 Å².